The number of nitrogens with one attached hydrogen (secondary N) is 1. The van der Waals surface area contributed by atoms with E-state index >= 15 is 0 Å². The van der Waals surface area contributed by atoms with Crippen LogP contribution < -0.4 is 10.2 Å². The van der Waals surface area contributed by atoms with E-state index in [1.165, 1.54) is 17.0 Å². The van der Waals surface area contributed by atoms with Gasteiger partial charge in [0.15, 0.2) is 5.17 Å². The quantitative estimate of drug-likeness (QED) is 0.393. The van der Waals surface area contributed by atoms with E-state index < -0.39 is 0 Å². The monoisotopic (exact) mass is 513 g/mol. The molecule has 0 unspecified atom stereocenters. The van der Waals surface area contributed by atoms with Gasteiger partial charge in [0.1, 0.15) is 11.5 Å². The summed E-state index contributed by atoms with van der Waals surface area (Å²) < 4.78 is 13.3. The lowest BCUT2D eigenvalue weighted by Crippen LogP contribution is -2.31. The first kappa shape index (κ1) is 24.0. The van der Waals surface area contributed by atoms with Crippen LogP contribution >= 0.6 is 35.0 Å². The zero-order valence-corrected chi connectivity index (χ0v) is 20.2. The molecular weight excluding hydrogens is 496 g/mol. The second kappa shape index (κ2) is 10.4. The van der Waals surface area contributed by atoms with Crippen molar-refractivity contribution in [2.75, 3.05) is 16.0 Å². The Morgan fingerprint density at radius 1 is 1.06 bits per heavy atom. The van der Waals surface area contributed by atoms with Gasteiger partial charge in [-0.05, 0) is 78.7 Å². The molecule has 0 atom stereocenters. The summed E-state index contributed by atoms with van der Waals surface area (Å²) >= 11 is 13.1. The molecule has 2 amide bonds. The van der Waals surface area contributed by atoms with Crippen molar-refractivity contribution in [3.05, 3.63) is 99.4 Å². The number of carbonyl (C=O) groups is 2. The van der Waals surface area contributed by atoms with Gasteiger partial charge in [0.2, 0.25) is 5.91 Å². The van der Waals surface area contributed by atoms with Crippen molar-refractivity contribution in [2.45, 2.75) is 6.92 Å². The molecule has 1 aliphatic heterocycles. The first-order valence-electron chi connectivity index (χ1n) is 10.1. The third-order valence-electron chi connectivity index (χ3n) is 4.86. The van der Waals surface area contributed by atoms with Gasteiger partial charge in [-0.15, -0.1) is 0 Å². The first-order valence-corrected chi connectivity index (χ1v) is 11.9. The minimum Gasteiger partial charge on any atom is -0.325 e. The molecule has 3 aromatic carbocycles. The summed E-state index contributed by atoms with van der Waals surface area (Å²) in [5.74, 6) is -0.951. The number of rotatable bonds is 5. The van der Waals surface area contributed by atoms with E-state index in [9.17, 15) is 14.0 Å². The van der Waals surface area contributed by atoms with Gasteiger partial charge >= 0.3 is 0 Å². The van der Waals surface area contributed by atoms with Crippen LogP contribution in [0.1, 0.15) is 11.1 Å². The molecule has 5 nitrogen and oxygen atoms in total. The number of hydrogen-bond acceptors (Lipinski definition) is 4. The summed E-state index contributed by atoms with van der Waals surface area (Å²) in [4.78, 5) is 31.8. The van der Waals surface area contributed by atoms with E-state index in [0.29, 0.717) is 32.2 Å². The highest BCUT2D eigenvalue weighted by Gasteiger charge is 2.33. The van der Waals surface area contributed by atoms with Crippen LogP contribution in [0.2, 0.25) is 10.0 Å². The van der Waals surface area contributed by atoms with Crippen LogP contribution in [0.4, 0.5) is 15.8 Å². The fraction of sp³-hybridized carbons (Fsp3) is 0.0800. The number of aryl methyl sites for hydroxylation is 1. The van der Waals surface area contributed by atoms with Crippen molar-refractivity contribution in [3.63, 3.8) is 0 Å². The largest absolute Gasteiger partial charge is 0.325 e. The zero-order chi connectivity index (χ0) is 24.2. The Hall–Kier alpha value is -3.13. The second-order valence-corrected chi connectivity index (χ2v) is 9.21. The van der Waals surface area contributed by atoms with Gasteiger partial charge in [0, 0.05) is 15.7 Å². The van der Waals surface area contributed by atoms with Gasteiger partial charge in [-0.25, -0.2) is 9.38 Å². The van der Waals surface area contributed by atoms with Crippen LogP contribution in [0.3, 0.4) is 0 Å². The van der Waals surface area contributed by atoms with Gasteiger partial charge in [0.05, 0.1) is 11.4 Å². The molecule has 0 saturated heterocycles. The van der Waals surface area contributed by atoms with Gasteiger partial charge in [-0.2, -0.15) is 0 Å². The van der Waals surface area contributed by atoms with Gasteiger partial charge in [-0.3, -0.25) is 14.5 Å². The Balaban J connectivity index is 1.59. The molecule has 0 saturated carbocycles. The molecular formula is C25H18Cl2FN3O2S. The number of nitrogens with zero attached hydrogens (tertiary/aromatic N) is 2. The Morgan fingerprint density at radius 2 is 1.74 bits per heavy atom. The molecule has 34 heavy (non-hydrogen) atoms. The van der Waals surface area contributed by atoms with Crippen molar-refractivity contribution in [1.29, 1.82) is 0 Å². The number of thioether (sulfide) groups is 1. The van der Waals surface area contributed by atoms with Crippen LogP contribution in [0, 0.1) is 12.7 Å². The molecule has 0 spiro atoms. The lowest BCUT2D eigenvalue weighted by Gasteiger charge is -2.20. The lowest BCUT2D eigenvalue weighted by molar-refractivity contribution is -0.114. The topological polar surface area (TPSA) is 61.8 Å². The summed E-state index contributed by atoms with van der Waals surface area (Å²) in [7, 11) is 0. The summed E-state index contributed by atoms with van der Waals surface area (Å²) in [5, 5.41) is 4.26. The summed E-state index contributed by atoms with van der Waals surface area (Å²) in [6, 6.07) is 17.7. The molecule has 0 bridgehead atoms. The van der Waals surface area contributed by atoms with Crippen molar-refractivity contribution in [3.8, 4) is 0 Å². The van der Waals surface area contributed by atoms with E-state index in [1.54, 1.807) is 60.7 Å². The molecule has 0 aliphatic carbocycles. The van der Waals surface area contributed by atoms with E-state index in [4.69, 9.17) is 23.2 Å². The highest BCUT2D eigenvalue weighted by molar-refractivity contribution is 8.14. The van der Waals surface area contributed by atoms with Crippen molar-refractivity contribution >= 4 is 69.4 Å². The smallest absolute Gasteiger partial charge is 0.283 e. The number of anilines is 2. The molecule has 4 rings (SSSR count). The molecule has 1 aliphatic rings. The Bertz CT molecular complexity index is 1310. The normalized spacial score (nSPS) is 14.5. The average molecular weight is 514 g/mol. The van der Waals surface area contributed by atoms with Crippen LogP contribution in [0.15, 0.2) is 77.4 Å². The highest BCUT2D eigenvalue weighted by atomic mass is 35.5. The number of hydrogen-bond donors (Lipinski definition) is 1. The van der Waals surface area contributed by atoms with Crippen LogP contribution in [0.5, 0.6) is 0 Å². The fourth-order valence-electron chi connectivity index (χ4n) is 3.25. The molecule has 1 heterocycles. The van der Waals surface area contributed by atoms with E-state index in [-0.39, 0.29) is 29.1 Å². The average Bonchev–Trinajstić information content (AvgIpc) is 3.10. The predicted octanol–water partition coefficient (Wildman–Crippen LogP) is 6.56. The molecule has 3 aromatic rings. The number of amidine groups is 1. The molecule has 172 valence electrons. The van der Waals surface area contributed by atoms with E-state index in [1.807, 2.05) is 6.92 Å². The van der Waals surface area contributed by atoms with Crippen LogP contribution in [-0.2, 0) is 9.59 Å². The second-order valence-electron chi connectivity index (χ2n) is 7.39. The summed E-state index contributed by atoms with van der Waals surface area (Å²) in [6.07, 6.45) is 1.58. The molecule has 0 fully saturated rings. The van der Waals surface area contributed by atoms with Crippen molar-refractivity contribution in [2.24, 2.45) is 4.99 Å². The van der Waals surface area contributed by atoms with Crippen LogP contribution in [0.25, 0.3) is 6.08 Å². The molecule has 1 N–H and O–H groups in total. The fourth-order valence-corrected chi connectivity index (χ4v) is 4.41. The Labute approximate surface area is 210 Å². The SMILES string of the molecule is Cc1cc(Cl)ccc1N1C(=O)C(=Cc2ccc(F)cc2)N=C1SCC(=O)Nc1ccc(Cl)cc1. The first-order chi connectivity index (χ1) is 16.3. The Morgan fingerprint density at radius 3 is 2.41 bits per heavy atom. The maximum atomic E-state index is 13.3. The summed E-state index contributed by atoms with van der Waals surface area (Å²) in [6.45, 7) is 1.84. The number of halogens is 3. The number of aliphatic imine (C=N–C) groups is 1. The molecule has 0 radical (unpaired) electrons. The molecule has 9 heteroatoms. The van der Waals surface area contributed by atoms with Gasteiger partial charge in [-0.1, -0.05) is 47.1 Å². The molecule has 0 aromatic heterocycles. The number of carbonyl (C=O) groups excluding carboxylic acids is 2. The van der Waals surface area contributed by atoms with Crippen molar-refractivity contribution in [1.82, 2.24) is 0 Å². The number of amides is 2. The number of benzene rings is 3. The minimum absolute atomic E-state index is 0.0295. The summed E-state index contributed by atoms with van der Waals surface area (Å²) in [5.41, 5.74) is 2.82. The third kappa shape index (κ3) is 5.67. The maximum Gasteiger partial charge on any atom is 0.283 e. The zero-order valence-electron chi connectivity index (χ0n) is 17.9. The van der Waals surface area contributed by atoms with Crippen LogP contribution in [-0.4, -0.2) is 22.7 Å². The van der Waals surface area contributed by atoms with Gasteiger partial charge in [0.25, 0.3) is 5.91 Å². The Kier molecular flexibility index (Phi) is 7.36. The minimum atomic E-state index is -0.371. The highest BCUT2D eigenvalue weighted by Crippen LogP contribution is 2.33. The van der Waals surface area contributed by atoms with E-state index in [0.717, 1.165) is 17.3 Å². The lowest BCUT2D eigenvalue weighted by atomic mass is 10.1. The van der Waals surface area contributed by atoms with E-state index in [2.05, 4.69) is 10.3 Å². The predicted molar refractivity (Wildman–Crippen MR) is 138 cm³/mol. The third-order valence-corrected chi connectivity index (χ3v) is 6.29. The maximum absolute atomic E-state index is 13.3. The standard InChI is InChI=1S/C25H18Cl2FN3O2S/c1-15-12-18(27)6-11-22(15)31-24(33)21(13-16-2-7-19(28)8-3-16)30-25(31)34-14-23(32)29-20-9-4-17(26)5-10-20/h2-13H,14H2,1H3,(H,29,32). The van der Waals surface area contributed by atoms with Crippen molar-refractivity contribution < 1.29 is 14.0 Å². The van der Waals surface area contributed by atoms with Gasteiger partial charge < -0.3 is 5.32 Å².